The van der Waals surface area contributed by atoms with Crippen molar-refractivity contribution in [3.8, 4) is 17.0 Å². The highest BCUT2D eigenvalue weighted by Gasteiger charge is 2.21. The van der Waals surface area contributed by atoms with Crippen LogP contribution in [0.1, 0.15) is 12.8 Å². The van der Waals surface area contributed by atoms with Crippen molar-refractivity contribution in [2.75, 3.05) is 12.4 Å². The van der Waals surface area contributed by atoms with E-state index in [1.165, 1.54) is 13.2 Å². The summed E-state index contributed by atoms with van der Waals surface area (Å²) in [5, 5.41) is 3.22. The van der Waals surface area contributed by atoms with E-state index < -0.39 is 5.82 Å². The van der Waals surface area contributed by atoms with Crippen LogP contribution < -0.4 is 10.1 Å². The van der Waals surface area contributed by atoms with E-state index in [0.29, 0.717) is 23.2 Å². The first-order chi connectivity index (χ1) is 9.26. The summed E-state index contributed by atoms with van der Waals surface area (Å²) in [4.78, 5) is 8.55. The molecule has 0 atom stereocenters. The van der Waals surface area contributed by atoms with Crippen LogP contribution in [0, 0.1) is 5.82 Å². The minimum Gasteiger partial charge on any atom is -0.494 e. The first-order valence-corrected chi connectivity index (χ1v) is 6.20. The maximum absolute atomic E-state index is 13.7. The van der Waals surface area contributed by atoms with Crippen LogP contribution in [-0.2, 0) is 0 Å². The number of nitrogens with one attached hydrogen (secondary N) is 1. The molecule has 1 aromatic heterocycles. The Balaban J connectivity index is 1.89. The molecule has 1 aliphatic rings. The largest absolute Gasteiger partial charge is 0.494 e. The van der Waals surface area contributed by atoms with E-state index in [1.807, 2.05) is 0 Å². The zero-order chi connectivity index (χ0) is 13.2. The van der Waals surface area contributed by atoms with Crippen molar-refractivity contribution in [3.05, 3.63) is 36.3 Å². The van der Waals surface area contributed by atoms with Crippen molar-refractivity contribution in [3.63, 3.8) is 0 Å². The molecule has 4 nitrogen and oxygen atoms in total. The lowest BCUT2D eigenvalue weighted by Crippen LogP contribution is -2.05. The lowest BCUT2D eigenvalue weighted by atomic mass is 10.1. The molecule has 0 spiro atoms. The molecule has 0 unspecified atom stereocenters. The quantitative estimate of drug-likeness (QED) is 0.917. The Bertz CT molecular complexity index is 599. The molecule has 0 aliphatic heterocycles. The first-order valence-electron chi connectivity index (χ1n) is 6.20. The summed E-state index contributed by atoms with van der Waals surface area (Å²) in [6.45, 7) is 0. The molecule has 0 amide bonds. The van der Waals surface area contributed by atoms with Crippen molar-refractivity contribution in [2.45, 2.75) is 18.9 Å². The van der Waals surface area contributed by atoms with Gasteiger partial charge in [-0.25, -0.2) is 14.4 Å². The van der Waals surface area contributed by atoms with Gasteiger partial charge in [0.2, 0.25) is 5.95 Å². The Morgan fingerprint density at radius 1 is 1.32 bits per heavy atom. The summed E-state index contributed by atoms with van der Waals surface area (Å²) in [5.41, 5.74) is 1.40. The van der Waals surface area contributed by atoms with E-state index in [-0.39, 0.29) is 5.75 Å². The fraction of sp³-hybridized carbons (Fsp3) is 0.286. The standard InChI is InChI=1S/C14H14FN3O/c1-19-13-5-2-9(8-11(13)15)12-6-7-16-14(18-12)17-10-3-4-10/h2,5-8,10H,3-4H2,1H3,(H,16,17,18). The van der Waals surface area contributed by atoms with Crippen LogP contribution in [0.2, 0.25) is 0 Å². The van der Waals surface area contributed by atoms with E-state index >= 15 is 0 Å². The smallest absolute Gasteiger partial charge is 0.223 e. The van der Waals surface area contributed by atoms with Gasteiger partial charge in [-0.1, -0.05) is 0 Å². The van der Waals surface area contributed by atoms with Gasteiger partial charge in [0.1, 0.15) is 0 Å². The Labute approximate surface area is 110 Å². The molecule has 98 valence electrons. The van der Waals surface area contributed by atoms with Crippen LogP contribution >= 0.6 is 0 Å². The molecule has 19 heavy (non-hydrogen) atoms. The van der Waals surface area contributed by atoms with Crippen molar-refractivity contribution in [1.29, 1.82) is 0 Å². The van der Waals surface area contributed by atoms with Gasteiger partial charge in [-0.15, -0.1) is 0 Å². The maximum Gasteiger partial charge on any atom is 0.223 e. The normalized spacial score (nSPS) is 14.2. The van der Waals surface area contributed by atoms with Gasteiger partial charge in [0.25, 0.3) is 0 Å². The average molecular weight is 259 g/mol. The van der Waals surface area contributed by atoms with Gasteiger partial charge >= 0.3 is 0 Å². The molecule has 2 aromatic rings. The lowest BCUT2D eigenvalue weighted by molar-refractivity contribution is 0.386. The first kappa shape index (κ1) is 11.9. The van der Waals surface area contributed by atoms with Crippen molar-refractivity contribution in [2.24, 2.45) is 0 Å². The minimum atomic E-state index is -0.393. The summed E-state index contributed by atoms with van der Waals surface area (Å²) in [5.74, 6) is 0.431. The molecule has 5 heteroatoms. The zero-order valence-electron chi connectivity index (χ0n) is 10.6. The minimum absolute atomic E-state index is 0.231. The molecule has 0 saturated heterocycles. The number of anilines is 1. The molecule has 3 rings (SSSR count). The third-order valence-electron chi connectivity index (χ3n) is 3.01. The molecule has 1 aliphatic carbocycles. The summed E-state index contributed by atoms with van der Waals surface area (Å²) < 4.78 is 18.6. The van der Waals surface area contributed by atoms with Gasteiger partial charge < -0.3 is 10.1 Å². The van der Waals surface area contributed by atoms with E-state index in [4.69, 9.17) is 4.74 Å². The SMILES string of the molecule is COc1ccc(-c2ccnc(NC3CC3)n2)cc1F. The summed E-state index contributed by atoms with van der Waals surface area (Å²) in [6, 6.07) is 7.05. The highest BCUT2D eigenvalue weighted by atomic mass is 19.1. The predicted octanol–water partition coefficient (Wildman–Crippen LogP) is 2.87. The number of benzene rings is 1. The van der Waals surface area contributed by atoms with Gasteiger partial charge in [-0.3, -0.25) is 0 Å². The van der Waals surface area contributed by atoms with Crippen LogP contribution in [0.4, 0.5) is 10.3 Å². The molecule has 0 radical (unpaired) electrons. The Morgan fingerprint density at radius 2 is 2.16 bits per heavy atom. The lowest BCUT2D eigenvalue weighted by Gasteiger charge is -2.07. The van der Waals surface area contributed by atoms with E-state index in [2.05, 4.69) is 15.3 Å². The highest BCUT2D eigenvalue weighted by molar-refractivity contribution is 5.61. The molecule has 1 heterocycles. The molecule has 1 aromatic carbocycles. The highest BCUT2D eigenvalue weighted by Crippen LogP contribution is 2.26. The second kappa shape index (κ2) is 4.84. The summed E-state index contributed by atoms with van der Waals surface area (Å²) in [7, 11) is 1.44. The third kappa shape index (κ3) is 2.65. The number of hydrogen-bond acceptors (Lipinski definition) is 4. The van der Waals surface area contributed by atoms with E-state index in [0.717, 1.165) is 12.8 Å². The molecular formula is C14H14FN3O. The van der Waals surface area contributed by atoms with Crippen molar-refractivity contribution in [1.82, 2.24) is 9.97 Å². The number of methoxy groups -OCH3 is 1. The fourth-order valence-electron chi connectivity index (χ4n) is 1.82. The number of aromatic nitrogens is 2. The Morgan fingerprint density at radius 3 is 2.84 bits per heavy atom. The van der Waals surface area contributed by atoms with Gasteiger partial charge in [0.05, 0.1) is 12.8 Å². The number of ether oxygens (including phenoxy) is 1. The number of nitrogens with zero attached hydrogens (tertiary/aromatic N) is 2. The number of halogens is 1. The monoisotopic (exact) mass is 259 g/mol. The Kier molecular flexibility index (Phi) is 3.03. The van der Waals surface area contributed by atoms with E-state index in [1.54, 1.807) is 24.4 Å². The topological polar surface area (TPSA) is 47.0 Å². The molecule has 1 fully saturated rings. The Hall–Kier alpha value is -2.17. The van der Waals surface area contributed by atoms with Crippen LogP contribution in [0.15, 0.2) is 30.5 Å². The van der Waals surface area contributed by atoms with Gasteiger partial charge in [0, 0.05) is 17.8 Å². The number of rotatable bonds is 4. The van der Waals surface area contributed by atoms with Gasteiger partial charge in [-0.05, 0) is 37.1 Å². The molecular weight excluding hydrogens is 245 g/mol. The summed E-state index contributed by atoms with van der Waals surface area (Å²) >= 11 is 0. The van der Waals surface area contributed by atoms with Crippen LogP contribution in [0.3, 0.4) is 0 Å². The zero-order valence-corrected chi connectivity index (χ0v) is 10.6. The molecule has 1 N–H and O–H groups in total. The van der Waals surface area contributed by atoms with Crippen LogP contribution in [-0.4, -0.2) is 23.1 Å². The van der Waals surface area contributed by atoms with Crippen molar-refractivity contribution < 1.29 is 9.13 Å². The van der Waals surface area contributed by atoms with Crippen LogP contribution in [0.25, 0.3) is 11.3 Å². The second-order valence-corrected chi connectivity index (χ2v) is 4.53. The van der Waals surface area contributed by atoms with Gasteiger partial charge in [-0.2, -0.15) is 0 Å². The maximum atomic E-state index is 13.7. The van der Waals surface area contributed by atoms with E-state index in [9.17, 15) is 4.39 Å². The average Bonchev–Trinajstić information content (AvgIpc) is 3.23. The predicted molar refractivity (Wildman–Crippen MR) is 70.6 cm³/mol. The van der Waals surface area contributed by atoms with Gasteiger partial charge in [0.15, 0.2) is 11.6 Å². The van der Waals surface area contributed by atoms with Crippen molar-refractivity contribution >= 4 is 5.95 Å². The third-order valence-corrected chi connectivity index (χ3v) is 3.01. The molecule has 1 saturated carbocycles. The molecule has 0 bridgehead atoms. The second-order valence-electron chi connectivity index (χ2n) is 4.53. The summed E-state index contributed by atoms with van der Waals surface area (Å²) in [6.07, 6.45) is 3.99. The number of hydrogen-bond donors (Lipinski definition) is 1. The van der Waals surface area contributed by atoms with Crippen LogP contribution in [0.5, 0.6) is 5.75 Å². The fourth-order valence-corrected chi connectivity index (χ4v) is 1.82.